The molecule has 0 bridgehead atoms. The molecule has 2 unspecified atom stereocenters. The third-order valence-electron chi connectivity index (χ3n) is 3.70. The van der Waals surface area contributed by atoms with Gasteiger partial charge in [-0.3, -0.25) is 0 Å². The molecule has 1 aliphatic rings. The van der Waals surface area contributed by atoms with E-state index in [-0.39, 0.29) is 5.60 Å². The molecule has 0 saturated carbocycles. The predicted octanol–water partition coefficient (Wildman–Crippen LogP) is 2.91. The second-order valence-electron chi connectivity index (χ2n) is 5.28. The van der Waals surface area contributed by atoms with E-state index in [1.807, 2.05) is 12.1 Å². The van der Waals surface area contributed by atoms with Gasteiger partial charge in [0.25, 0.3) is 0 Å². The fourth-order valence-electron chi connectivity index (χ4n) is 2.36. The highest BCUT2D eigenvalue weighted by atomic mass is 16.5. The second-order valence-corrected chi connectivity index (χ2v) is 5.28. The molecular weight excluding hydrogens is 226 g/mol. The zero-order chi connectivity index (χ0) is 13.0. The van der Waals surface area contributed by atoms with Crippen LogP contribution in [0.2, 0.25) is 0 Å². The van der Waals surface area contributed by atoms with Gasteiger partial charge in [-0.2, -0.15) is 0 Å². The third kappa shape index (κ3) is 3.24. The summed E-state index contributed by atoms with van der Waals surface area (Å²) in [6.45, 7) is 6.17. The Bertz CT molecular complexity index is 369. The molecule has 0 aliphatic carbocycles. The van der Waals surface area contributed by atoms with E-state index in [1.165, 1.54) is 12.0 Å². The Labute approximate surface area is 109 Å². The zero-order valence-electron chi connectivity index (χ0n) is 11.5. The molecule has 0 radical (unpaired) electrons. The summed E-state index contributed by atoms with van der Waals surface area (Å²) >= 11 is 0. The van der Waals surface area contributed by atoms with E-state index in [2.05, 4.69) is 31.3 Å². The first-order valence-corrected chi connectivity index (χ1v) is 6.64. The van der Waals surface area contributed by atoms with Crippen LogP contribution in [0.4, 0.5) is 0 Å². The Morgan fingerprint density at radius 2 is 2.11 bits per heavy atom. The first-order chi connectivity index (χ1) is 8.63. The van der Waals surface area contributed by atoms with Crippen LogP contribution in [0, 0.1) is 0 Å². The summed E-state index contributed by atoms with van der Waals surface area (Å²) in [6.07, 6.45) is 2.32. The third-order valence-corrected chi connectivity index (χ3v) is 3.70. The molecule has 1 aromatic rings. The lowest BCUT2D eigenvalue weighted by atomic mass is 10.0. The van der Waals surface area contributed by atoms with Crippen LogP contribution in [0.5, 0.6) is 5.75 Å². The van der Waals surface area contributed by atoms with Crippen LogP contribution in [0.1, 0.15) is 38.3 Å². The highest BCUT2D eigenvalue weighted by molar-refractivity contribution is 5.28. The Balaban J connectivity index is 1.88. The van der Waals surface area contributed by atoms with E-state index >= 15 is 0 Å². The number of hydrogen-bond donors (Lipinski definition) is 1. The highest BCUT2D eigenvalue weighted by Gasteiger charge is 2.29. The fourth-order valence-corrected chi connectivity index (χ4v) is 2.36. The fraction of sp³-hybridized carbons (Fsp3) is 0.600. The van der Waals surface area contributed by atoms with Gasteiger partial charge in [-0.25, -0.2) is 0 Å². The van der Waals surface area contributed by atoms with Gasteiger partial charge in [-0.15, -0.1) is 0 Å². The second kappa shape index (κ2) is 5.72. The Morgan fingerprint density at radius 3 is 2.67 bits per heavy atom. The number of rotatable bonds is 5. The number of ether oxygens (including phenoxy) is 2. The molecule has 3 nitrogen and oxygen atoms in total. The molecule has 2 atom stereocenters. The van der Waals surface area contributed by atoms with E-state index in [0.717, 1.165) is 25.3 Å². The van der Waals surface area contributed by atoms with Gasteiger partial charge >= 0.3 is 0 Å². The smallest absolute Gasteiger partial charge is 0.118 e. The lowest BCUT2D eigenvalue weighted by Crippen LogP contribution is -2.38. The summed E-state index contributed by atoms with van der Waals surface area (Å²) in [6, 6.07) is 8.54. The normalized spacial score (nSPS) is 25.1. The zero-order valence-corrected chi connectivity index (χ0v) is 11.5. The van der Waals surface area contributed by atoms with Gasteiger partial charge in [0, 0.05) is 19.2 Å². The van der Waals surface area contributed by atoms with Gasteiger partial charge in [0.1, 0.15) is 5.75 Å². The summed E-state index contributed by atoms with van der Waals surface area (Å²) in [7, 11) is 1.69. The Hall–Kier alpha value is -1.06. The van der Waals surface area contributed by atoms with Crippen molar-refractivity contribution in [2.75, 3.05) is 20.3 Å². The minimum atomic E-state index is 0.0146. The lowest BCUT2D eigenvalue weighted by molar-refractivity contribution is 0.0191. The van der Waals surface area contributed by atoms with Crippen molar-refractivity contribution >= 4 is 0 Å². The van der Waals surface area contributed by atoms with Crippen molar-refractivity contribution in [1.82, 2.24) is 5.32 Å². The molecular formula is C15H23NO2. The van der Waals surface area contributed by atoms with Gasteiger partial charge in [0.2, 0.25) is 0 Å². The molecule has 2 rings (SSSR count). The number of methoxy groups -OCH3 is 1. The average Bonchev–Trinajstić information content (AvgIpc) is 2.83. The van der Waals surface area contributed by atoms with Crippen LogP contribution in [0.3, 0.4) is 0 Å². The summed E-state index contributed by atoms with van der Waals surface area (Å²) in [5.41, 5.74) is 1.29. The standard InChI is InChI=1S/C15H23NO2/c1-12(13-5-7-14(17-3)8-6-13)16-11-15(2)9-4-10-18-15/h5-8,12,16H,4,9-11H2,1-3H3. The highest BCUT2D eigenvalue weighted by Crippen LogP contribution is 2.25. The Kier molecular flexibility index (Phi) is 4.25. The van der Waals surface area contributed by atoms with Crippen molar-refractivity contribution in [3.8, 4) is 5.75 Å². The van der Waals surface area contributed by atoms with Gasteiger partial charge < -0.3 is 14.8 Å². The first kappa shape index (κ1) is 13.4. The van der Waals surface area contributed by atoms with Gasteiger partial charge in [-0.05, 0) is 44.4 Å². The van der Waals surface area contributed by atoms with E-state index < -0.39 is 0 Å². The van der Waals surface area contributed by atoms with Crippen LogP contribution in [-0.2, 0) is 4.74 Å². The molecule has 1 aromatic carbocycles. The molecule has 3 heteroatoms. The summed E-state index contributed by atoms with van der Waals surface area (Å²) in [5.74, 6) is 0.900. The molecule has 1 aliphatic heterocycles. The van der Waals surface area contributed by atoms with Gasteiger partial charge in [0.05, 0.1) is 12.7 Å². The quantitative estimate of drug-likeness (QED) is 0.870. The maximum absolute atomic E-state index is 5.78. The van der Waals surface area contributed by atoms with Crippen LogP contribution in [-0.4, -0.2) is 25.9 Å². The molecule has 1 fully saturated rings. The molecule has 0 aromatic heterocycles. The largest absolute Gasteiger partial charge is 0.497 e. The van der Waals surface area contributed by atoms with E-state index in [9.17, 15) is 0 Å². The van der Waals surface area contributed by atoms with Crippen molar-refractivity contribution in [2.45, 2.75) is 38.3 Å². The number of hydrogen-bond acceptors (Lipinski definition) is 3. The molecule has 100 valence electrons. The van der Waals surface area contributed by atoms with Crippen LogP contribution in [0.25, 0.3) is 0 Å². The monoisotopic (exact) mass is 249 g/mol. The molecule has 0 amide bonds. The SMILES string of the molecule is COc1ccc(C(C)NCC2(C)CCCO2)cc1. The predicted molar refractivity (Wildman–Crippen MR) is 73.0 cm³/mol. The number of nitrogens with one attached hydrogen (secondary N) is 1. The van der Waals surface area contributed by atoms with Crippen LogP contribution < -0.4 is 10.1 Å². The van der Waals surface area contributed by atoms with E-state index in [1.54, 1.807) is 7.11 Å². The maximum Gasteiger partial charge on any atom is 0.118 e. The van der Waals surface area contributed by atoms with Crippen molar-refractivity contribution in [3.63, 3.8) is 0 Å². The minimum Gasteiger partial charge on any atom is -0.497 e. The summed E-state index contributed by atoms with van der Waals surface area (Å²) < 4.78 is 10.9. The summed E-state index contributed by atoms with van der Waals surface area (Å²) in [5, 5.41) is 3.55. The molecule has 1 heterocycles. The molecule has 1 N–H and O–H groups in total. The van der Waals surface area contributed by atoms with Crippen molar-refractivity contribution in [3.05, 3.63) is 29.8 Å². The minimum absolute atomic E-state index is 0.0146. The molecule has 18 heavy (non-hydrogen) atoms. The molecule has 0 spiro atoms. The number of benzene rings is 1. The van der Waals surface area contributed by atoms with Crippen molar-refractivity contribution in [2.24, 2.45) is 0 Å². The van der Waals surface area contributed by atoms with Crippen molar-refractivity contribution < 1.29 is 9.47 Å². The van der Waals surface area contributed by atoms with E-state index in [4.69, 9.17) is 9.47 Å². The maximum atomic E-state index is 5.78. The van der Waals surface area contributed by atoms with Crippen LogP contribution >= 0.6 is 0 Å². The lowest BCUT2D eigenvalue weighted by Gasteiger charge is -2.26. The van der Waals surface area contributed by atoms with Crippen molar-refractivity contribution in [1.29, 1.82) is 0 Å². The topological polar surface area (TPSA) is 30.5 Å². The van der Waals surface area contributed by atoms with Gasteiger partial charge in [-0.1, -0.05) is 12.1 Å². The van der Waals surface area contributed by atoms with Crippen LogP contribution in [0.15, 0.2) is 24.3 Å². The van der Waals surface area contributed by atoms with E-state index in [0.29, 0.717) is 6.04 Å². The first-order valence-electron chi connectivity index (χ1n) is 6.64. The summed E-state index contributed by atoms with van der Waals surface area (Å²) in [4.78, 5) is 0. The van der Waals surface area contributed by atoms with Gasteiger partial charge in [0.15, 0.2) is 0 Å². The average molecular weight is 249 g/mol. The Morgan fingerprint density at radius 1 is 1.39 bits per heavy atom. The molecule has 1 saturated heterocycles.